The minimum atomic E-state index is -3.04. The monoisotopic (exact) mass is 1390 g/mol. The number of carbonyl (C=O) groups is 6. The van der Waals surface area contributed by atoms with Crippen molar-refractivity contribution in [3.05, 3.63) is 168 Å². The third kappa shape index (κ3) is 12.9. The summed E-state index contributed by atoms with van der Waals surface area (Å²) >= 11 is 0. The molecule has 2 unspecified atom stereocenters. The molecule has 2 fully saturated rings. The maximum atomic E-state index is 16.3. The lowest BCUT2D eigenvalue weighted by Crippen LogP contribution is -2.61. The average Bonchev–Trinajstić information content (AvgIpc) is 0.671. The molecule has 13 rings (SSSR count). The lowest BCUT2D eigenvalue weighted by molar-refractivity contribution is -0.138. The summed E-state index contributed by atoms with van der Waals surface area (Å²) in [6.45, 7) is 10.7. The van der Waals surface area contributed by atoms with Crippen molar-refractivity contribution < 1.29 is 74.3 Å². The minimum absolute atomic E-state index is 0.0569. The van der Waals surface area contributed by atoms with Crippen LogP contribution in [0.15, 0.2) is 146 Å². The highest BCUT2D eigenvalue weighted by molar-refractivity contribution is 6.61. The molecule has 2 atom stereocenters. The normalized spacial score (nSPS) is 16.3. The molecule has 0 radical (unpaired) electrons. The Balaban J connectivity index is 1.07. The number of rotatable bonds is 26. The van der Waals surface area contributed by atoms with Gasteiger partial charge in [-0.25, -0.2) is 0 Å². The second-order valence-corrected chi connectivity index (χ2v) is 32.2. The molecule has 6 amide bonds. The first-order chi connectivity index (χ1) is 48.4. The SMILES string of the molecule is CO[Si](CN1CCN(C(=O)C(CC(C)C)N2C(=O)c3cc(Oc4ccccc4)c4c5c(Oc6ccccc6)cc6c7c(cc(Oc8ccccc8)c(c8c(Oc9ccccc9)cc(c3c48)C2=O)c75)C(=O)N(C(CC(C)C)C(=O)N2CCN(C[Si](OC)(OC)OC)CC2)C6=O)CC1)(OC)OC. The van der Waals surface area contributed by atoms with E-state index in [4.69, 9.17) is 45.5 Å². The van der Waals surface area contributed by atoms with Gasteiger partial charge in [0.1, 0.15) is 58.1 Å². The number of piperazine rings is 2. The van der Waals surface area contributed by atoms with Crippen LogP contribution < -0.4 is 18.9 Å². The van der Waals surface area contributed by atoms with Gasteiger partial charge in [0.05, 0.1) is 34.6 Å². The molecule has 0 bridgehead atoms. The fraction of sp³-hybridized carbons (Fsp3) is 0.342. The highest BCUT2D eigenvalue weighted by atomic mass is 28.4. The molecular weight excluding hydrogens is 1310 g/mol. The first-order valence-corrected chi connectivity index (χ1v) is 37.6. The molecule has 0 aliphatic carbocycles. The predicted octanol–water partition coefficient (Wildman–Crippen LogP) is 12.1. The second-order valence-electron chi connectivity index (χ2n) is 26.4. The Morgan fingerprint density at radius 2 is 0.590 bits per heavy atom. The summed E-state index contributed by atoms with van der Waals surface area (Å²) in [6, 6.07) is 40.1. The highest BCUT2D eigenvalue weighted by Crippen LogP contribution is 2.58. The maximum absolute atomic E-state index is 16.3. The van der Waals surface area contributed by atoms with E-state index in [1.165, 1.54) is 0 Å². The van der Waals surface area contributed by atoms with Crippen molar-refractivity contribution in [2.24, 2.45) is 11.8 Å². The molecular formula is C76H82N6O16Si2. The Morgan fingerprint density at radius 1 is 0.350 bits per heavy atom. The van der Waals surface area contributed by atoms with E-state index in [1.54, 1.807) is 125 Å². The topological polar surface area (TPSA) is 214 Å². The molecule has 100 heavy (non-hydrogen) atoms. The van der Waals surface area contributed by atoms with E-state index < -0.39 is 53.3 Å². The summed E-state index contributed by atoms with van der Waals surface area (Å²) < 4.78 is 63.1. The van der Waals surface area contributed by atoms with E-state index in [0.717, 1.165) is 9.80 Å². The molecule has 24 heteroatoms. The summed E-state index contributed by atoms with van der Waals surface area (Å²) in [5, 5.41) is 2.40. The van der Waals surface area contributed by atoms with Gasteiger partial charge < -0.3 is 55.3 Å². The van der Waals surface area contributed by atoms with E-state index in [2.05, 4.69) is 9.80 Å². The number of benzene rings is 9. The number of ether oxygens (including phenoxy) is 4. The zero-order chi connectivity index (χ0) is 70.3. The molecule has 22 nitrogen and oxygen atoms in total. The Hall–Kier alpha value is -9.19. The van der Waals surface area contributed by atoms with Gasteiger partial charge in [-0.2, -0.15) is 0 Å². The number of fused-ring (bicyclic) bond motifs is 2. The fourth-order valence-electron chi connectivity index (χ4n) is 14.5. The maximum Gasteiger partial charge on any atom is 0.514 e. The fourth-order valence-corrected chi connectivity index (χ4v) is 18.0. The Kier molecular flexibility index (Phi) is 20.0. The smallest absolute Gasteiger partial charge is 0.457 e. The third-order valence-electron chi connectivity index (χ3n) is 19.5. The van der Waals surface area contributed by atoms with Crippen molar-refractivity contribution in [3.8, 4) is 46.0 Å². The zero-order valence-electron chi connectivity index (χ0n) is 57.9. The van der Waals surface area contributed by atoms with Crippen molar-refractivity contribution in [2.75, 3.05) is 107 Å². The van der Waals surface area contributed by atoms with Gasteiger partial charge in [-0.1, -0.05) is 100 Å². The summed E-state index contributed by atoms with van der Waals surface area (Å²) in [7, 11) is 3.28. The van der Waals surface area contributed by atoms with Crippen molar-refractivity contribution in [1.29, 1.82) is 0 Å². The first-order valence-electron chi connectivity index (χ1n) is 33.7. The summed E-state index contributed by atoms with van der Waals surface area (Å²) in [5.74, 6) is -2.04. The van der Waals surface area contributed by atoms with Gasteiger partial charge in [-0.15, -0.1) is 0 Å². The van der Waals surface area contributed by atoms with Crippen LogP contribution in [0.25, 0.3) is 43.1 Å². The molecule has 9 aromatic carbocycles. The van der Waals surface area contributed by atoms with Crippen molar-refractivity contribution >= 4 is 96.1 Å². The summed E-state index contributed by atoms with van der Waals surface area (Å²) in [6.07, 6.45) is 1.06. The van der Waals surface area contributed by atoms with Crippen molar-refractivity contribution in [1.82, 2.24) is 29.4 Å². The van der Waals surface area contributed by atoms with Gasteiger partial charge in [-0.3, -0.25) is 48.4 Å². The van der Waals surface area contributed by atoms with Gasteiger partial charge in [-0.05, 0) is 97.5 Å². The number of para-hydroxylation sites is 4. The molecule has 2 saturated heterocycles. The number of nitrogens with zero attached hydrogens (tertiary/aromatic N) is 6. The number of amides is 6. The lowest BCUT2D eigenvalue weighted by atomic mass is 9.80. The molecule has 0 spiro atoms. The number of imide groups is 2. The van der Waals surface area contributed by atoms with Gasteiger partial charge in [0.15, 0.2) is 0 Å². The van der Waals surface area contributed by atoms with E-state index >= 15 is 28.8 Å². The molecule has 0 aromatic heterocycles. The largest absolute Gasteiger partial charge is 0.514 e. The van der Waals surface area contributed by atoms with Crippen LogP contribution in [-0.2, 0) is 36.1 Å². The number of carbonyl (C=O) groups excluding carboxylic acids is 6. The molecule has 4 aliphatic heterocycles. The third-order valence-corrected chi connectivity index (χ3v) is 24.9. The molecule has 9 aromatic rings. The molecule has 0 saturated carbocycles. The Morgan fingerprint density at radius 3 is 0.810 bits per heavy atom. The molecule has 4 aliphatic rings. The summed E-state index contributed by atoms with van der Waals surface area (Å²) in [5.41, 5.74) is 0.228. The van der Waals surface area contributed by atoms with Gasteiger partial charge >= 0.3 is 17.6 Å². The Labute approximate surface area is 582 Å². The van der Waals surface area contributed by atoms with E-state index in [-0.39, 0.29) is 119 Å². The van der Waals surface area contributed by atoms with Crippen LogP contribution in [0.2, 0.25) is 0 Å². The first kappa shape index (κ1) is 69.3. The van der Waals surface area contributed by atoms with Crippen LogP contribution in [0.5, 0.6) is 46.0 Å². The van der Waals surface area contributed by atoms with Crippen LogP contribution in [0.1, 0.15) is 82.0 Å². The Bertz CT molecular complexity index is 4050. The minimum Gasteiger partial charge on any atom is -0.457 e. The quantitative estimate of drug-likeness (QED) is 0.0213. The van der Waals surface area contributed by atoms with Crippen molar-refractivity contribution in [3.63, 3.8) is 0 Å². The molecule has 4 heterocycles. The predicted molar refractivity (Wildman–Crippen MR) is 381 cm³/mol. The van der Waals surface area contributed by atoms with Crippen LogP contribution in [0.4, 0.5) is 0 Å². The summed E-state index contributed by atoms with van der Waals surface area (Å²) in [4.78, 5) is 106. The van der Waals surface area contributed by atoms with Gasteiger partial charge in [0.2, 0.25) is 11.8 Å². The van der Waals surface area contributed by atoms with Crippen LogP contribution in [0.3, 0.4) is 0 Å². The molecule has 0 N–H and O–H groups in total. The highest BCUT2D eigenvalue weighted by Gasteiger charge is 2.49. The number of hydrogen-bond acceptors (Lipinski definition) is 18. The zero-order valence-corrected chi connectivity index (χ0v) is 59.9. The van der Waals surface area contributed by atoms with Crippen LogP contribution >= 0.6 is 0 Å². The van der Waals surface area contributed by atoms with Gasteiger partial charge in [0.25, 0.3) is 23.6 Å². The van der Waals surface area contributed by atoms with E-state index in [0.29, 0.717) is 93.8 Å². The van der Waals surface area contributed by atoms with Gasteiger partial charge in [0, 0.05) is 138 Å². The van der Waals surface area contributed by atoms with Crippen LogP contribution in [-0.4, -0.2) is 202 Å². The number of hydrogen-bond donors (Lipinski definition) is 0. The standard InChI is InChI=1S/C76H82N6O16Si2/c1-47(2)39-57(75(87)79-35-31-77(32-36-79)45-99(89-5,90-6)91-7)81-71(83)53-41-59(95-49-23-15-11-16-24-49)65-67-61(97-51-27-19-13-20-28-51)43-55-64-56(74(86)82(73(55)85)58(40-48(3)4)76(88)80-37-33-78(34-38-80)46-100(92-8,93-9)94-10)44-62(98-52-29-21-14-22-30-52)68(70(64)67)66-60(96-50-25-17-12-18-26-50)42-54(72(81)84)63(53)69(65)66/h11-30,41-44,47-48,57-58H,31-40,45-46H2,1-10H3. The lowest BCUT2D eigenvalue weighted by Gasteiger charge is -2.41. The van der Waals surface area contributed by atoms with Crippen molar-refractivity contribution in [2.45, 2.75) is 52.6 Å². The van der Waals surface area contributed by atoms with E-state index in [9.17, 15) is 0 Å². The van der Waals surface area contributed by atoms with Crippen LogP contribution in [0, 0.1) is 11.8 Å². The average molecular weight is 1390 g/mol. The van der Waals surface area contributed by atoms with E-state index in [1.807, 2.05) is 100 Å². The second kappa shape index (κ2) is 28.8. The molecule has 520 valence electrons.